The molecule has 1 heterocycles. The molecule has 4 aromatic carbocycles. The van der Waals surface area contributed by atoms with Gasteiger partial charge in [0.2, 0.25) is 35.4 Å². The predicted octanol–water partition coefficient (Wildman–Crippen LogP) is 4.94. The van der Waals surface area contributed by atoms with Gasteiger partial charge >= 0.3 is 5.97 Å². The minimum atomic E-state index is -1.79. The molecule has 8 N–H and O–H groups in total. The maximum Gasteiger partial charge on any atom is 0.308 e. The Morgan fingerprint density at radius 3 is 1.66 bits per heavy atom. The summed E-state index contributed by atoms with van der Waals surface area (Å²) in [5, 5.41) is 27.2. The van der Waals surface area contributed by atoms with Crippen molar-refractivity contribution >= 4 is 58.1 Å². The molecule has 17 heteroatoms. The van der Waals surface area contributed by atoms with E-state index < -0.39 is 96.5 Å². The highest BCUT2D eigenvalue weighted by Crippen LogP contribution is 2.37. The Hall–Kier alpha value is -7.66. The second-order valence-corrected chi connectivity index (χ2v) is 18.2. The number of amides is 6. The topological polar surface area (TPSA) is 254 Å². The number of benzene rings is 4. The van der Waals surface area contributed by atoms with Crippen LogP contribution in [0.15, 0.2) is 121 Å². The Bertz CT molecular complexity index is 2530. The van der Waals surface area contributed by atoms with Crippen LogP contribution in [0.5, 0.6) is 0 Å². The zero-order valence-electron chi connectivity index (χ0n) is 42.0. The van der Waals surface area contributed by atoms with Gasteiger partial charge in [0.15, 0.2) is 0 Å². The number of aliphatic hydroxyl groups excluding tert-OH is 1. The SMILES string of the molecule is CCCCCCCCCC(=O)NC(Cc1c[nH]c2ccccc12)C(=O)NC(CC(=O)NC(c1ccccc1)(c1ccccc1)c1ccccc1)C(=O)NC(CC(=O)OC)C(=O)NC(C(=O)NCC(C)=O)C(C)O. The molecule has 1 aromatic heterocycles. The van der Waals surface area contributed by atoms with Gasteiger partial charge in [0.1, 0.15) is 35.5 Å². The minimum Gasteiger partial charge on any atom is -0.469 e. The lowest BCUT2D eigenvalue weighted by molar-refractivity contribution is -0.144. The molecule has 0 aliphatic rings. The molecule has 5 rings (SSSR count). The van der Waals surface area contributed by atoms with Crippen molar-refractivity contribution in [1.82, 2.24) is 36.9 Å². The summed E-state index contributed by atoms with van der Waals surface area (Å²) in [6.07, 6.45) is 5.66. The lowest BCUT2D eigenvalue weighted by atomic mass is 9.77. The Kier molecular flexibility index (Phi) is 21.9. The van der Waals surface area contributed by atoms with E-state index in [9.17, 15) is 43.5 Å². The number of hydrogen-bond acceptors (Lipinski definition) is 10. The molecule has 0 fully saturated rings. The van der Waals surface area contributed by atoms with Crippen LogP contribution in [0, 0.1) is 0 Å². The maximum atomic E-state index is 14.9. The van der Waals surface area contributed by atoms with E-state index in [1.54, 1.807) is 6.20 Å². The Morgan fingerprint density at radius 1 is 0.603 bits per heavy atom. The van der Waals surface area contributed by atoms with Crippen molar-refractivity contribution in [3.8, 4) is 0 Å². The number of esters is 1. The Balaban J connectivity index is 1.53. The highest BCUT2D eigenvalue weighted by Gasteiger charge is 2.40. The zero-order chi connectivity index (χ0) is 52.8. The summed E-state index contributed by atoms with van der Waals surface area (Å²) in [7, 11) is 1.06. The van der Waals surface area contributed by atoms with Crippen molar-refractivity contribution in [3.63, 3.8) is 0 Å². The first kappa shape index (κ1) is 56.3. The molecular formula is C56H69N7O10. The second kappa shape index (κ2) is 28.4. The summed E-state index contributed by atoms with van der Waals surface area (Å²) in [6.45, 7) is 4.20. The third kappa shape index (κ3) is 16.4. The number of hydrogen-bond donors (Lipinski definition) is 8. The number of Topliss-reactive ketones (excluding diaryl/α,β-unsaturated/α-hetero) is 1. The molecule has 0 aliphatic heterocycles. The van der Waals surface area contributed by atoms with Crippen LogP contribution in [-0.4, -0.2) is 101 Å². The van der Waals surface area contributed by atoms with Gasteiger partial charge < -0.3 is 46.7 Å². The number of ether oxygens (including phenoxy) is 1. The van der Waals surface area contributed by atoms with Crippen LogP contribution in [0.2, 0.25) is 0 Å². The third-order valence-corrected chi connectivity index (χ3v) is 12.5. The van der Waals surface area contributed by atoms with E-state index in [2.05, 4.69) is 43.8 Å². The first-order chi connectivity index (χ1) is 35.2. The first-order valence-electron chi connectivity index (χ1n) is 24.9. The van der Waals surface area contributed by atoms with Crippen LogP contribution in [0.3, 0.4) is 0 Å². The lowest BCUT2D eigenvalue weighted by Gasteiger charge is -2.37. The molecule has 388 valence electrons. The number of carbonyl (C=O) groups is 8. The average Bonchev–Trinajstić information content (AvgIpc) is 3.80. The fourth-order valence-corrected chi connectivity index (χ4v) is 8.66. The van der Waals surface area contributed by atoms with E-state index in [4.69, 9.17) is 4.74 Å². The number of carbonyl (C=O) groups excluding carboxylic acids is 8. The average molecular weight is 1000 g/mol. The van der Waals surface area contributed by atoms with Crippen LogP contribution < -0.4 is 31.9 Å². The van der Waals surface area contributed by atoms with Crippen molar-refractivity contribution in [2.24, 2.45) is 0 Å². The van der Waals surface area contributed by atoms with Crippen molar-refractivity contribution in [3.05, 3.63) is 144 Å². The van der Waals surface area contributed by atoms with Gasteiger partial charge in [-0.2, -0.15) is 0 Å². The van der Waals surface area contributed by atoms with Crippen LogP contribution in [0.1, 0.15) is 107 Å². The molecule has 17 nitrogen and oxygen atoms in total. The number of H-pyrrole nitrogens is 1. The van der Waals surface area contributed by atoms with E-state index in [1.165, 1.54) is 13.8 Å². The monoisotopic (exact) mass is 1000 g/mol. The highest BCUT2D eigenvalue weighted by atomic mass is 16.5. The number of fused-ring (bicyclic) bond motifs is 1. The number of nitrogens with one attached hydrogen (secondary N) is 7. The molecule has 0 bridgehead atoms. The normalized spacial score (nSPS) is 13.3. The van der Waals surface area contributed by atoms with Crippen molar-refractivity contribution < 1.29 is 48.2 Å². The third-order valence-electron chi connectivity index (χ3n) is 12.5. The molecule has 0 radical (unpaired) electrons. The number of ketones is 1. The summed E-state index contributed by atoms with van der Waals surface area (Å²) < 4.78 is 4.84. The molecule has 6 amide bonds. The van der Waals surface area contributed by atoms with Gasteiger partial charge in [-0.05, 0) is 48.6 Å². The van der Waals surface area contributed by atoms with Gasteiger partial charge in [0.25, 0.3) is 0 Å². The van der Waals surface area contributed by atoms with Crippen LogP contribution in [-0.2, 0) is 55.1 Å². The number of unbranched alkanes of at least 4 members (excludes halogenated alkanes) is 6. The van der Waals surface area contributed by atoms with Gasteiger partial charge in [-0.3, -0.25) is 38.4 Å². The number of rotatable bonds is 29. The summed E-state index contributed by atoms with van der Waals surface area (Å²) >= 11 is 0. The van der Waals surface area contributed by atoms with E-state index in [0.717, 1.165) is 56.5 Å². The number of methoxy groups -OCH3 is 1. The van der Waals surface area contributed by atoms with E-state index in [1.807, 2.05) is 115 Å². The number of aliphatic hydroxyl groups is 1. The molecule has 5 atom stereocenters. The Morgan fingerprint density at radius 2 is 1.11 bits per heavy atom. The number of aromatic nitrogens is 1. The van der Waals surface area contributed by atoms with Crippen molar-refractivity contribution in [1.29, 1.82) is 0 Å². The molecule has 0 saturated heterocycles. The first-order valence-corrected chi connectivity index (χ1v) is 24.9. The van der Waals surface area contributed by atoms with Gasteiger partial charge in [0, 0.05) is 29.9 Å². The molecule has 0 saturated carbocycles. The van der Waals surface area contributed by atoms with Gasteiger partial charge in [0.05, 0.1) is 32.6 Å². The fraction of sp³-hybridized carbons (Fsp3) is 0.393. The van der Waals surface area contributed by atoms with E-state index in [-0.39, 0.29) is 18.7 Å². The molecule has 5 unspecified atom stereocenters. The highest BCUT2D eigenvalue weighted by molar-refractivity contribution is 5.99. The summed E-state index contributed by atoms with van der Waals surface area (Å²) in [6, 6.07) is 28.6. The largest absolute Gasteiger partial charge is 0.469 e. The van der Waals surface area contributed by atoms with Gasteiger partial charge in [-0.15, -0.1) is 0 Å². The fourth-order valence-electron chi connectivity index (χ4n) is 8.66. The van der Waals surface area contributed by atoms with Crippen LogP contribution in [0.4, 0.5) is 0 Å². The smallest absolute Gasteiger partial charge is 0.308 e. The predicted molar refractivity (Wildman–Crippen MR) is 276 cm³/mol. The molecule has 73 heavy (non-hydrogen) atoms. The quantitative estimate of drug-likeness (QED) is 0.0182. The maximum absolute atomic E-state index is 14.9. The van der Waals surface area contributed by atoms with E-state index in [0.29, 0.717) is 28.7 Å². The Labute approximate surface area is 426 Å². The molecule has 0 aliphatic carbocycles. The molecular weight excluding hydrogens is 931 g/mol. The summed E-state index contributed by atoms with van der Waals surface area (Å²) in [4.78, 5) is 113. The number of aromatic amines is 1. The van der Waals surface area contributed by atoms with Gasteiger partial charge in [-0.25, -0.2) is 0 Å². The van der Waals surface area contributed by atoms with Gasteiger partial charge in [-0.1, -0.05) is 155 Å². The second-order valence-electron chi connectivity index (χ2n) is 18.2. The van der Waals surface area contributed by atoms with Crippen molar-refractivity contribution in [2.45, 2.75) is 127 Å². The summed E-state index contributed by atoms with van der Waals surface area (Å²) in [5.74, 6) is -6.40. The van der Waals surface area contributed by atoms with E-state index >= 15 is 0 Å². The molecule has 5 aromatic rings. The molecule has 0 spiro atoms. The van der Waals surface area contributed by atoms with Crippen LogP contribution in [0.25, 0.3) is 10.9 Å². The zero-order valence-corrected chi connectivity index (χ0v) is 42.0. The summed E-state index contributed by atoms with van der Waals surface area (Å²) in [5.41, 5.74) is 2.15. The lowest BCUT2D eigenvalue weighted by Crippen LogP contribution is -2.61. The van der Waals surface area contributed by atoms with Crippen molar-refractivity contribution in [2.75, 3.05) is 13.7 Å². The van der Waals surface area contributed by atoms with Crippen LogP contribution >= 0.6 is 0 Å². The minimum absolute atomic E-state index is 0.0158. The standard InChI is InChI=1S/C56H69N7O10/c1-5-6-7-8-9-10-20-31-48(66)59-45(32-39-36-57-44-30-22-21-29-43(39)44)52(69)60-46(53(70)61-47(34-50(68)73-4)54(71)62-51(38(3)65)55(72)58-35-37(2)64)33-49(67)63-56(40-23-14-11-15-24-40,41-25-16-12-17-26-41)42-27-18-13-19-28-42/h11-19,21-30,36,38,45-47,51,57,65H,5-10,20,31-35H2,1-4H3,(H,58,72)(H,59,66)(H,60,69)(H,61,70)(H,62,71)(H,63,67). The number of para-hydroxylation sites is 1.